The number of pyridine rings is 1. The van der Waals surface area contributed by atoms with E-state index in [-0.39, 0.29) is 11.8 Å². The number of anilines is 1. The Morgan fingerprint density at radius 1 is 1.18 bits per heavy atom. The topological polar surface area (TPSA) is 81.2 Å². The zero-order chi connectivity index (χ0) is 19.5. The number of rotatable bonds is 4. The highest BCUT2D eigenvalue weighted by molar-refractivity contribution is 7.15. The van der Waals surface area contributed by atoms with Gasteiger partial charge in [0, 0.05) is 22.7 Å². The Kier molecular flexibility index (Phi) is 5.16. The van der Waals surface area contributed by atoms with Gasteiger partial charge in [0.05, 0.1) is 24.1 Å². The summed E-state index contributed by atoms with van der Waals surface area (Å²) in [6, 6.07) is 12.5. The van der Waals surface area contributed by atoms with E-state index in [1.54, 1.807) is 41.8 Å². The number of nitrogens with zero attached hydrogens (tertiary/aromatic N) is 2. The molecule has 142 valence electrons. The van der Waals surface area contributed by atoms with Crippen LogP contribution in [0.3, 0.4) is 0 Å². The lowest BCUT2D eigenvalue weighted by Gasteiger charge is -2.20. The van der Waals surface area contributed by atoms with E-state index >= 15 is 0 Å². The minimum Gasteiger partial charge on any atom is -0.465 e. The molecule has 1 N–H and O–H groups in total. The van der Waals surface area contributed by atoms with Crippen LogP contribution in [0.5, 0.6) is 0 Å². The standard InChI is InChI=1S/C21H19N3O3S/c1-27-21(26)13-5-8-15(9-6-13)23-19(25)14-7-10-16-18(12-14)28-20(24-16)17-4-2-3-11-22-17/h2-6,8-9,11,14H,7,10,12H2,1H3,(H,23,25). The van der Waals surface area contributed by atoms with Crippen molar-refractivity contribution in [2.45, 2.75) is 19.3 Å². The van der Waals surface area contributed by atoms with Crippen LogP contribution >= 0.6 is 11.3 Å². The number of ether oxygens (including phenoxy) is 1. The fourth-order valence-electron chi connectivity index (χ4n) is 3.25. The van der Waals surface area contributed by atoms with E-state index in [9.17, 15) is 9.59 Å². The smallest absolute Gasteiger partial charge is 0.337 e. The van der Waals surface area contributed by atoms with Crippen LogP contribution in [-0.4, -0.2) is 29.0 Å². The first-order valence-corrected chi connectivity index (χ1v) is 9.85. The first-order chi connectivity index (χ1) is 13.6. The molecule has 1 amide bonds. The predicted molar refractivity (Wildman–Crippen MR) is 107 cm³/mol. The summed E-state index contributed by atoms with van der Waals surface area (Å²) >= 11 is 1.62. The first-order valence-electron chi connectivity index (χ1n) is 9.03. The first kappa shape index (κ1) is 18.3. The molecular formula is C21H19N3O3S. The number of carbonyl (C=O) groups is 2. The molecule has 1 aliphatic carbocycles. The Morgan fingerprint density at radius 3 is 2.71 bits per heavy atom. The van der Waals surface area contributed by atoms with Gasteiger partial charge in [0.2, 0.25) is 5.91 Å². The van der Waals surface area contributed by atoms with Crippen molar-refractivity contribution >= 4 is 28.9 Å². The number of aromatic nitrogens is 2. The van der Waals surface area contributed by atoms with Crippen molar-refractivity contribution in [3.8, 4) is 10.7 Å². The third-order valence-electron chi connectivity index (χ3n) is 4.77. The number of amides is 1. The Bertz CT molecular complexity index is 999. The molecule has 0 radical (unpaired) electrons. The summed E-state index contributed by atoms with van der Waals surface area (Å²) < 4.78 is 4.68. The molecule has 0 bridgehead atoms. The van der Waals surface area contributed by atoms with Crippen LogP contribution in [0.15, 0.2) is 48.7 Å². The Morgan fingerprint density at radius 2 is 2.00 bits per heavy atom. The van der Waals surface area contributed by atoms with Gasteiger partial charge in [-0.05, 0) is 55.7 Å². The Hall–Kier alpha value is -3.06. The third-order valence-corrected chi connectivity index (χ3v) is 5.91. The molecule has 28 heavy (non-hydrogen) atoms. The average molecular weight is 393 g/mol. The van der Waals surface area contributed by atoms with Crippen molar-refractivity contribution < 1.29 is 14.3 Å². The van der Waals surface area contributed by atoms with Crippen molar-refractivity contribution in [3.63, 3.8) is 0 Å². The molecule has 1 atom stereocenters. The van der Waals surface area contributed by atoms with Crippen molar-refractivity contribution in [3.05, 3.63) is 64.8 Å². The van der Waals surface area contributed by atoms with Crippen LogP contribution in [-0.2, 0) is 22.4 Å². The van der Waals surface area contributed by atoms with E-state index in [2.05, 4.69) is 15.0 Å². The molecule has 0 spiro atoms. The molecular weight excluding hydrogens is 374 g/mol. The number of hydrogen-bond acceptors (Lipinski definition) is 6. The summed E-state index contributed by atoms with van der Waals surface area (Å²) in [5.74, 6) is -0.499. The normalized spacial score (nSPS) is 15.5. The minimum atomic E-state index is -0.397. The summed E-state index contributed by atoms with van der Waals surface area (Å²) in [4.78, 5) is 34.4. The summed E-state index contributed by atoms with van der Waals surface area (Å²) in [7, 11) is 1.34. The summed E-state index contributed by atoms with van der Waals surface area (Å²) in [5, 5.41) is 3.85. The Balaban J connectivity index is 1.43. The zero-order valence-corrected chi connectivity index (χ0v) is 16.2. The van der Waals surface area contributed by atoms with Crippen LogP contribution in [0.4, 0.5) is 5.69 Å². The zero-order valence-electron chi connectivity index (χ0n) is 15.3. The molecule has 2 aromatic heterocycles. The number of nitrogens with one attached hydrogen (secondary N) is 1. The van der Waals surface area contributed by atoms with Crippen LogP contribution in [0.2, 0.25) is 0 Å². The fourth-order valence-corrected chi connectivity index (χ4v) is 4.41. The summed E-state index contributed by atoms with van der Waals surface area (Å²) in [6.45, 7) is 0. The van der Waals surface area contributed by atoms with Gasteiger partial charge in [-0.15, -0.1) is 11.3 Å². The molecule has 0 saturated heterocycles. The van der Waals surface area contributed by atoms with Gasteiger partial charge in [-0.25, -0.2) is 9.78 Å². The lowest BCUT2D eigenvalue weighted by molar-refractivity contribution is -0.120. The number of carbonyl (C=O) groups excluding carboxylic acids is 2. The highest BCUT2D eigenvalue weighted by Crippen LogP contribution is 2.34. The van der Waals surface area contributed by atoms with Crippen LogP contribution in [0.1, 0.15) is 27.3 Å². The molecule has 2 heterocycles. The molecule has 3 aromatic rings. The number of methoxy groups -OCH3 is 1. The molecule has 0 aliphatic heterocycles. The highest BCUT2D eigenvalue weighted by Gasteiger charge is 2.28. The molecule has 0 saturated carbocycles. The molecule has 6 nitrogen and oxygen atoms in total. The maximum Gasteiger partial charge on any atom is 0.337 e. The molecule has 1 aliphatic rings. The van der Waals surface area contributed by atoms with E-state index in [0.717, 1.165) is 34.1 Å². The number of thiazole rings is 1. The van der Waals surface area contributed by atoms with Crippen molar-refractivity contribution in [2.75, 3.05) is 12.4 Å². The lowest BCUT2D eigenvalue weighted by atomic mass is 9.90. The van der Waals surface area contributed by atoms with Crippen molar-refractivity contribution in [1.82, 2.24) is 9.97 Å². The Labute approximate surface area is 166 Å². The van der Waals surface area contributed by atoms with Gasteiger partial charge in [0.15, 0.2) is 0 Å². The number of hydrogen-bond donors (Lipinski definition) is 1. The maximum atomic E-state index is 12.7. The minimum absolute atomic E-state index is 0.00995. The molecule has 0 fully saturated rings. The second-order valence-electron chi connectivity index (χ2n) is 6.60. The number of fused-ring (bicyclic) bond motifs is 1. The lowest BCUT2D eigenvalue weighted by Crippen LogP contribution is -2.27. The van der Waals surface area contributed by atoms with Crippen molar-refractivity contribution in [2.24, 2.45) is 5.92 Å². The summed E-state index contributed by atoms with van der Waals surface area (Å²) in [6.07, 6.45) is 4.01. The fraction of sp³-hybridized carbons (Fsp3) is 0.238. The van der Waals surface area contributed by atoms with E-state index in [4.69, 9.17) is 4.98 Å². The third kappa shape index (κ3) is 3.80. The summed E-state index contributed by atoms with van der Waals surface area (Å²) in [5.41, 5.74) is 3.07. The maximum absolute atomic E-state index is 12.7. The highest BCUT2D eigenvalue weighted by atomic mass is 32.1. The van der Waals surface area contributed by atoms with Gasteiger partial charge in [0.1, 0.15) is 5.01 Å². The number of benzene rings is 1. The predicted octanol–water partition coefficient (Wildman–Crippen LogP) is 3.74. The van der Waals surface area contributed by atoms with Gasteiger partial charge in [0.25, 0.3) is 0 Å². The molecule has 1 unspecified atom stereocenters. The molecule has 4 rings (SSSR count). The van der Waals surface area contributed by atoms with Gasteiger partial charge in [-0.2, -0.15) is 0 Å². The average Bonchev–Trinajstić information content (AvgIpc) is 3.18. The monoisotopic (exact) mass is 393 g/mol. The molecule has 1 aromatic carbocycles. The van der Waals surface area contributed by atoms with E-state index < -0.39 is 5.97 Å². The molecule has 7 heteroatoms. The van der Waals surface area contributed by atoms with Gasteiger partial charge in [-0.1, -0.05) is 6.07 Å². The van der Waals surface area contributed by atoms with E-state index in [1.165, 1.54) is 7.11 Å². The van der Waals surface area contributed by atoms with Gasteiger partial charge in [-0.3, -0.25) is 9.78 Å². The second-order valence-corrected chi connectivity index (χ2v) is 7.69. The van der Waals surface area contributed by atoms with E-state index in [0.29, 0.717) is 17.7 Å². The van der Waals surface area contributed by atoms with Crippen LogP contribution < -0.4 is 5.32 Å². The number of esters is 1. The quantitative estimate of drug-likeness (QED) is 0.683. The SMILES string of the molecule is COC(=O)c1ccc(NC(=O)C2CCc3nc(-c4ccccn4)sc3C2)cc1. The van der Waals surface area contributed by atoms with Gasteiger partial charge >= 0.3 is 5.97 Å². The van der Waals surface area contributed by atoms with Crippen molar-refractivity contribution in [1.29, 1.82) is 0 Å². The van der Waals surface area contributed by atoms with E-state index in [1.807, 2.05) is 18.2 Å². The van der Waals surface area contributed by atoms with Crippen LogP contribution in [0.25, 0.3) is 10.7 Å². The largest absolute Gasteiger partial charge is 0.465 e. The second kappa shape index (κ2) is 7.90. The van der Waals surface area contributed by atoms with Gasteiger partial charge < -0.3 is 10.1 Å². The number of aryl methyl sites for hydroxylation is 1. The van der Waals surface area contributed by atoms with Crippen LogP contribution in [0, 0.1) is 5.92 Å².